The Balaban J connectivity index is 1.55. The Kier molecular flexibility index (Phi) is 5.17. The Morgan fingerprint density at radius 1 is 1.04 bits per heavy atom. The highest BCUT2D eigenvalue weighted by Crippen LogP contribution is 2.28. The van der Waals surface area contributed by atoms with Gasteiger partial charge < -0.3 is 9.32 Å². The first-order chi connectivity index (χ1) is 13.6. The molecule has 0 atom stereocenters. The molecule has 4 nitrogen and oxygen atoms in total. The fraction of sp³-hybridized carbons (Fsp3) is 0.130. The zero-order valence-electron chi connectivity index (χ0n) is 15.8. The van der Waals surface area contributed by atoms with Gasteiger partial charge in [0.1, 0.15) is 5.52 Å². The summed E-state index contributed by atoms with van der Waals surface area (Å²) in [5.41, 5.74) is 5.26. The highest BCUT2D eigenvalue weighted by atomic mass is 32.2. The van der Waals surface area contributed by atoms with E-state index >= 15 is 0 Å². The van der Waals surface area contributed by atoms with Gasteiger partial charge >= 0.3 is 0 Å². The lowest BCUT2D eigenvalue weighted by atomic mass is 10.1. The lowest BCUT2D eigenvalue weighted by Crippen LogP contribution is -2.27. The predicted molar refractivity (Wildman–Crippen MR) is 114 cm³/mol. The van der Waals surface area contributed by atoms with Crippen LogP contribution in [-0.4, -0.2) is 17.9 Å². The molecule has 1 heterocycles. The van der Waals surface area contributed by atoms with Crippen LogP contribution in [-0.2, 0) is 5.75 Å². The lowest BCUT2D eigenvalue weighted by molar-refractivity contribution is 0.0992. The van der Waals surface area contributed by atoms with Crippen molar-refractivity contribution in [2.75, 3.05) is 11.9 Å². The van der Waals surface area contributed by atoms with Gasteiger partial charge in [-0.05, 0) is 48.4 Å². The molecular weight excluding hydrogens is 368 g/mol. The zero-order valence-corrected chi connectivity index (χ0v) is 16.6. The van der Waals surface area contributed by atoms with E-state index < -0.39 is 0 Å². The number of hydrogen-bond donors (Lipinski definition) is 0. The number of aryl methyl sites for hydroxylation is 1. The van der Waals surface area contributed by atoms with E-state index in [1.54, 1.807) is 4.90 Å². The van der Waals surface area contributed by atoms with E-state index in [9.17, 15) is 4.79 Å². The lowest BCUT2D eigenvalue weighted by Gasteiger charge is -2.19. The van der Waals surface area contributed by atoms with E-state index in [2.05, 4.69) is 4.98 Å². The summed E-state index contributed by atoms with van der Waals surface area (Å²) in [5.74, 6) is 0.579. The smallest absolute Gasteiger partial charge is 0.258 e. The van der Waals surface area contributed by atoms with Crippen LogP contribution >= 0.6 is 11.8 Å². The number of hydrogen-bond acceptors (Lipinski definition) is 4. The molecule has 0 aliphatic heterocycles. The fourth-order valence-electron chi connectivity index (χ4n) is 3.04. The summed E-state index contributed by atoms with van der Waals surface area (Å²) in [6.45, 7) is 2.02. The van der Waals surface area contributed by atoms with E-state index in [0.29, 0.717) is 16.5 Å². The van der Waals surface area contributed by atoms with Crippen LogP contribution in [0.5, 0.6) is 0 Å². The second-order valence-electron chi connectivity index (χ2n) is 6.60. The van der Waals surface area contributed by atoms with Gasteiger partial charge in [0.15, 0.2) is 5.58 Å². The van der Waals surface area contributed by atoms with Crippen molar-refractivity contribution in [1.29, 1.82) is 0 Å². The number of thioether (sulfide) groups is 1. The van der Waals surface area contributed by atoms with E-state index in [1.165, 1.54) is 11.8 Å². The fourth-order valence-corrected chi connectivity index (χ4v) is 3.88. The summed E-state index contributed by atoms with van der Waals surface area (Å²) in [4.78, 5) is 19.3. The molecule has 0 radical (unpaired) electrons. The van der Waals surface area contributed by atoms with Gasteiger partial charge in [0.05, 0.1) is 0 Å². The minimum absolute atomic E-state index is 0.0284. The Labute approximate surface area is 168 Å². The standard InChI is InChI=1S/C23H20N2O2S/c1-16-8-7-10-18(14-16)25(2)22(26)19-11-4-3-9-17(19)15-28-23-24-20-12-5-6-13-21(20)27-23/h3-14H,15H2,1-2H3. The molecule has 0 unspecified atom stereocenters. The van der Waals surface area contributed by atoms with Gasteiger partial charge in [-0.1, -0.05) is 54.2 Å². The molecule has 0 aliphatic carbocycles. The van der Waals surface area contributed by atoms with Crippen LogP contribution in [0.1, 0.15) is 21.5 Å². The largest absolute Gasteiger partial charge is 0.431 e. The van der Waals surface area contributed by atoms with Crippen molar-refractivity contribution in [3.8, 4) is 0 Å². The summed E-state index contributed by atoms with van der Waals surface area (Å²) >= 11 is 1.49. The van der Waals surface area contributed by atoms with Crippen LogP contribution in [0, 0.1) is 6.92 Å². The van der Waals surface area contributed by atoms with Crippen LogP contribution < -0.4 is 4.90 Å². The van der Waals surface area contributed by atoms with E-state index in [1.807, 2.05) is 86.8 Å². The average Bonchev–Trinajstić information content (AvgIpc) is 3.14. The highest BCUT2D eigenvalue weighted by Gasteiger charge is 2.17. The first kappa shape index (κ1) is 18.3. The van der Waals surface area contributed by atoms with Gasteiger partial charge in [0.25, 0.3) is 11.1 Å². The molecule has 28 heavy (non-hydrogen) atoms. The summed E-state index contributed by atoms with van der Waals surface area (Å²) in [5, 5.41) is 0.607. The number of anilines is 1. The van der Waals surface area contributed by atoms with Crippen molar-refractivity contribution in [2.45, 2.75) is 17.9 Å². The Morgan fingerprint density at radius 2 is 1.82 bits per heavy atom. The average molecular weight is 388 g/mol. The molecule has 5 heteroatoms. The zero-order chi connectivity index (χ0) is 19.5. The maximum atomic E-state index is 13.1. The molecule has 140 valence electrons. The number of para-hydroxylation sites is 2. The number of nitrogens with zero attached hydrogens (tertiary/aromatic N) is 2. The number of fused-ring (bicyclic) bond motifs is 1. The van der Waals surface area contributed by atoms with E-state index in [4.69, 9.17) is 4.42 Å². The minimum Gasteiger partial charge on any atom is -0.431 e. The summed E-state index contributed by atoms with van der Waals surface area (Å²) in [6.07, 6.45) is 0. The number of oxazole rings is 1. The van der Waals surface area contributed by atoms with Crippen LogP contribution in [0.15, 0.2) is 82.4 Å². The molecule has 0 spiro atoms. The molecule has 0 N–H and O–H groups in total. The second kappa shape index (κ2) is 7.90. The molecule has 4 aromatic rings. The number of carbonyl (C=O) groups excluding carboxylic acids is 1. The van der Waals surface area contributed by atoms with Crippen molar-refractivity contribution in [1.82, 2.24) is 4.98 Å². The topological polar surface area (TPSA) is 46.3 Å². The first-order valence-electron chi connectivity index (χ1n) is 9.03. The molecule has 0 saturated heterocycles. The summed E-state index contributed by atoms with van der Waals surface area (Å²) < 4.78 is 5.78. The van der Waals surface area contributed by atoms with Gasteiger partial charge in [-0.15, -0.1) is 0 Å². The molecule has 0 bridgehead atoms. The Bertz CT molecular complexity index is 1100. The van der Waals surface area contributed by atoms with Crippen molar-refractivity contribution in [2.24, 2.45) is 0 Å². The number of benzene rings is 3. The van der Waals surface area contributed by atoms with Gasteiger partial charge in [-0.3, -0.25) is 4.79 Å². The molecule has 4 rings (SSSR count). The number of amides is 1. The van der Waals surface area contributed by atoms with Crippen LogP contribution in [0.2, 0.25) is 0 Å². The van der Waals surface area contributed by atoms with Crippen LogP contribution in [0.3, 0.4) is 0 Å². The molecular formula is C23H20N2O2S. The van der Waals surface area contributed by atoms with Crippen molar-refractivity contribution < 1.29 is 9.21 Å². The van der Waals surface area contributed by atoms with Gasteiger partial charge in [-0.2, -0.15) is 0 Å². The number of aromatic nitrogens is 1. The highest BCUT2D eigenvalue weighted by molar-refractivity contribution is 7.98. The number of carbonyl (C=O) groups is 1. The molecule has 0 aliphatic rings. The normalized spacial score (nSPS) is 10.9. The maximum Gasteiger partial charge on any atom is 0.258 e. The molecule has 1 aromatic heterocycles. The Hall–Kier alpha value is -3.05. The number of rotatable bonds is 5. The molecule has 3 aromatic carbocycles. The van der Waals surface area contributed by atoms with Gasteiger partial charge in [0.2, 0.25) is 0 Å². The maximum absolute atomic E-state index is 13.1. The molecule has 1 amide bonds. The van der Waals surface area contributed by atoms with Crippen molar-refractivity contribution in [3.63, 3.8) is 0 Å². The second-order valence-corrected chi connectivity index (χ2v) is 7.52. The molecule has 0 saturated carbocycles. The Morgan fingerprint density at radius 3 is 2.64 bits per heavy atom. The van der Waals surface area contributed by atoms with Crippen LogP contribution in [0.25, 0.3) is 11.1 Å². The predicted octanol–water partition coefficient (Wildman–Crippen LogP) is 5.71. The summed E-state index contributed by atoms with van der Waals surface area (Å²) in [6, 6.07) is 23.3. The molecule has 0 fully saturated rings. The van der Waals surface area contributed by atoms with Crippen molar-refractivity contribution in [3.05, 3.63) is 89.5 Å². The van der Waals surface area contributed by atoms with Crippen molar-refractivity contribution >= 4 is 34.5 Å². The minimum atomic E-state index is -0.0284. The quantitative estimate of drug-likeness (QED) is 0.411. The third-order valence-electron chi connectivity index (χ3n) is 4.57. The first-order valence-corrected chi connectivity index (χ1v) is 10.0. The van der Waals surface area contributed by atoms with Gasteiger partial charge in [-0.25, -0.2) is 4.98 Å². The van der Waals surface area contributed by atoms with Crippen LogP contribution in [0.4, 0.5) is 5.69 Å². The summed E-state index contributed by atoms with van der Waals surface area (Å²) in [7, 11) is 1.81. The van der Waals surface area contributed by atoms with E-state index in [-0.39, 0.29) is 5.91 Å². The third kappa shape index (κ3) is 3.80. The van der Waals surface area contributed by atoms with E-state index in [0.717, 1.165) is 27.9 Å². The van der Waals surface area contributed by atoms with Gasteiger partial charge in [0, 0.05) is 24.1 Å². The third-order valence-corrected chi connectivity index (χ3v) is 5.44. The monoisotopic (exact) mass is 388 g/mol. The SMILES string of the molecule is Cc1cccc(N(C)C(=O)c2ccccc2CSc2nc3ccccc3o2)c1.